The third kappa shape index (κ3) is 4.05. The van der Waals surface area contributed by atoms with Crippen LogP contribution in [0.3, 0.4) is 0 Å². The van der Waals surface area contributed by atoms with E-state index in [0.717, 1.165) is 37.9 Å². The third-order valence-electron chi connectivity index (χ3n) is 4.98. The van der Waals surface area contributed by atoms with Crippen LogP contribution in [0.5, 0.6) is 0 Å². The summed E-state index contributed by atoms with van der Waals surface area (Å²) in [4.78, 5) is 28.3. The molecule has 1 aromatic rings. The molecular weight excluding hydrogens is 300 g/mol. The van der Waals surface area contributed by atoms with Crippen LogP contribution in [0, 0.1) is 6.92 Å². The summed E-state index contributed by atoms with van der Waals surface area (Å²) in [6, 6.07) is 8.49. The van der Waals surface area contributed by atoms with Crippen molar-refractivity contribution in [2.45, 2.75) is 45.1 Å². The molecule has 4 nitrogen and oxygen atoms in total. The van der Waals surface area contributed by atoms with Crippen molar-refractivity contribution in [3.05, 3.63) is 41.5 Å². The lowest BCUT2D eigenvalue weighted by Gasteiger charge is -2.37. The largest absolute Gasteiger partial charge is 0.340 e. The monoisotopic (exact) mass is 326 g/mol. The molecule has 2 aliphatic heterocycles. The normalized spacial score (nSPS) is 21.7. The lowest BCUT2D eigenvalue weighted by molar-refractivity contribution is -0.136. The number of piperidine rings is 1. The zero-order valence-electron chi connectivity index (χ0n) is 14.4. The van der Waals surface area contributed by atoms with Gasteiger partial charge in [-0.15, -0.1) is 0 Å². The van der Waals surface area contributed by atoms with Gasteiger partial charge in [0.15, 0.2) is 0 Å². The number of rotatable bonds is 4. The van der Waals surface area contributed by atoms with Crippen LogP contribution in [-0.2, 0) is 9.59 Å². The predicted octanol–water partition coefficient (Wildman–Crippen LogP) is 3.01. The molecule has 1 unspecified atom stereocenters. The first-order valence-electron chi connectivity index (χ1n) is 8.94. The van der Waals surface area contributed by atoms with Gasteiger partial charge in [-0.05, 0) is 31.7 Å². The van der Waals surface area contributed by atoms with E-state index in [-0.39, 0.29) is 17.9 Å². The van der Waals surface area contributed by atoms with E-state index in [1.165, 1.54) is 5.56 Å². The van der Waals surface area contributed by atoms with Gasteiger partial charge in [0.05, 0.1) is 0 Å². The highest BCUT2D eigenvalue weighted by Gasteiger charge is 2.32. The van der Waals surface area contributed by atoms with E-state index in [2.05, 4.69) is 31.2 Å². The van der Waals surface area contributed by atoms with Gasteiger partial charge >= 0.3 is 0 Å². The summed E-state index contributed by atoms with van der Waals surface area (Å²) in [5.41, 5.74) is 2.35. The molecule has 2 amide bonds. The molecule has 0 spiro atoms. The van der Waals surface area contributed by atoms with Crippen LogP contribution < -0.4 is 0 Å². The summed E-state index contributed by atoms with van der Waals surface area (Å²) >= 11 is 0. The molecule has 2 aliphatic rings. The van der Waals surface area contributed by atoms with Crippen molar-refractivity contribution >= 4 is 17.9 Å². The molecule has 0 radical (unpaired) electrons. The quantitative estimate of drug-likeness (QED) is 0.853. The Balaban J connectivity index is 1.52. The van der Waals surface area contributed by atoms with E-state index in [9.17, 15) is 9.59 Å². The fourth-order valence-electron chi connectivity index (χ4n) is 3.59. The predicted molar refractivity (Wildman–Crippen MR) is 95.4 cm³/mol. The van der Waals surface area contributed by atoms with Crippen LogP contribution >= 0.6 is 0 Å². The molecule has 0 saturated carbocycles. The van der Waals surface area contributed by atoms with Gasteiger partial charge < -0.3 is 9.80 Å². The Labute approximate surface area is 144 Å². The minimum Gasteiger partial charge on any atom is -0.340 e. The molecule has 3 rings (SSSR count). The average Bonchev–Trinajstić information content (AvgIpc) is 3.03. The average molecular weight is 326 g/mol. The maximum absolute atomic E-state index is 12.5. The molecule has 0 N–H and O–H groups in total. The van der Waals surface area contributed by atoms with E-state index in [0.29, 0.717) is 19.4 Å². The molecule has 0 aromatic heterocycles. The van der Waals surface area contributed by atoms with Crippen molar-refractivity contribution in [1.82, 2.24) is 9.80 Å². The molecule has 1 aromatic carbocycles. The summed E-state index contributed by atoms with van der Waals surface area (Å²) in [5, 5.41) is 0. The fourth-order valence-corrected chi connectivity index (χ4v) is 3.59. The van der Waals surface area contributed by atoms with E-state index < -0.39 is 0 Å². The molecule has 0 aliphatic carbocycles. The van der Waals surface area contributed by atoms with Gasteiger partial charge in [-0.25, -0.2) is 0 Å². The second-order valence-electron chi connectivity index (χ2n) is 6.84. The van der Waals surface area contributed by atoms with Crippen LogP contribution in [0.25, 0.3) is 6.08 Å². The number of hydrogen-bond acceptors (Lipinski definition) is 2. The topological polar surface area (TPSA) is 40.6 Å². The number of hydrogen-bond donors (Lipinski definition) is 0. The zero-order valence-corrected chi connectivity index (χ0v) is 14.4. The molecule has 0 bridgehead atoms. The SMILES string of the molecule is Cc1ccc(/C=C/CC(=O)N2CCCC(N3CCCC3=O)C2)cc1. The number of carbonyl (C=O) groups excluding carboxylic acids is 2. The summed E-state index contributed by atoms with van der Waals surface area (Å²) in [5.74, 6) is 0.420. The molecule has 4 heteroatoms. The Hall–Kier alpha value is -2.10. The van der Waals surface area contributed by atoms with Crippen LogP contribution in [-0.4, -0.2) is 47.3 Å². The van der Waals surface area contributed by atoms with Crippen LogP contribution in [0.4, 0.5) is 0 Å². The number of benzene rings is 1. The number of likely N-dealkylation sites (tertiary alicyclic amines) is 2. The Morgan fingerprint density at radius 2 is 2.00 bits per heavy atom. The van der Waals surface area contributed by atoms with Crippen molar-refractivity contribution < 1.29 is 9.59 Å². The van der Waals surface area contributed by atoms with Gasteiger partial charge in [-0.2, -0.15) is 0 Å². The Kier molecular flexibility index (Phi) is 5.34. The van der Waals surface area contributed by atoms with Gasteiger partial charge in [0.2, 0.25) is 11.8 Å². The van der Waals surface area contributed by atoms with Crippen LogP contribution in [0.2, 0.25) is 0 Å². The Morgan fingerprint density at radius 3 is 2.71 bits per heavy atom. The van der Waals surface area contributed by atoms with Gasteiger partial charge in [-0.1, -0.05) is 42.0 Å². The summed E-state index contributed by atoms with van der Waals surface area (Å²) in [7, 11) is 0. The highest BCUT2D eigenvalue weighted by Crippen LogP contribution is 2.22. The van der Waals surface area contributed by atoms with Gasteiger partial charge in [0.1, 0.15) is 0 Å². The highest BCUT2D eigenvalue weighted by atomic mass is 16.2. The van der Waals surface area contributed by atoms with Gasteiger partial charge in [0, 0.05) is 38.5 Å². The highest BCUT2D eigenvalue weighted by molar-refractivity contribution is 5.80. The summed E-state index contributed by atoms with van der Waals surface area (Å²) < 4.78 is 0. The van der Waals surface area contributed by atoms with Crippen molar-refractivity contribution in [3.63, 3.8) is 0 Å². The maximum Gasteiger partial charge on any atom is 0.226 e. The Morgan fingerprint density at radius 1 is 1.21 bits per heavy atom. The van der Waals surface area contributed by atoms with Crippen molar-refractivity contribution in [1.29, 1.82) is 0 Å². The zero-order chi connectivity index (χ0) is 16.9. The second kappa shape index (κ2) is 7.65. The van der Waals surface area contributed by atoms with E-state index in [1.54, 1.807) is 0 Å². The van der Waals surface area contributed by atoms with Crippen LogP contribution in [0.1, 0.15) is 43.2 Å². The molecule has 128 valence electrons. The van der Waals surface area contributed by atoms with Gasteiger partial charge in [0.25, 0.3) is 0 Å². The first-order chi connectivity index (χ1) is 11.6. The van der Waals surface area contributed by atoms with E-state index >= 15 is 0 Å². The lowest BCUT2D eigenvalue weighted by Crippen LogP contribution is -2.50. The number of aryl methyl sites for hydroxylation is 1. The van der Waals surface area contributed by atoms with Crippen LogP contribution in [0.15, 0.2) is 30.3 Å². The molecule has 2 saturated heterocycles. The minimum atomic E-state index is 0.162. The first-order valence-corrected chi connectivity index (χ1v) is 8.94. The number of nitrogens with zero attached hydrogens (tertiary/aromatic N) is 2. The summed E-state index contributed by atoms with van der Waals surface area (Å²) in [6.07, 6.45) is 8.01. The molecule has 1 atom stereocenters. The van der Waals surface area contributed by atoms with Crippen molar-refractivity contribution in [2.75, 3.05) is 19.6 Å². The molecule has 24 heavy (non-hydrogen) atoms. The number of amides is 2. The second-order valence-corrected chi connectivity index (χ2v) is 6.84. The van der Waals surface area contributed by atoms with E-state index in [4.69, 9.17) is 0 Å². The summed E-state index contributed by atoms with van der Waals surface area (Å²) in [6.45, 7) is 4.44. The standard InChI is InChI=1S/C20H26N2O2/c1-16-9-11-17(12-10-16)5-2-7-19(23)21-13-3-6-18(15-21)22-14-4-8-20(22)24/h2,5,9-12,18H,3-4,6-8,13-15H2,1H3/b5-2+. The lowest BCUT2D eigenvalue weighted by atomic mass is 10.0. The maximum atomic E-state index is 12.5. The van der Waals surface area contributed by atoms with E-state index in [1.807, 2.05) is 22.0 Å². The number of carbonyl (C=O) groups is 2. The van der Waals surface area contributed by atoms with Crippen molar-refractivity contribution in [3.8, 4) is 0 Å². The fraction of sp³-hybridized carbons (Fsp3) is 0.500. The third-order valence-corrected chi connectivity index (χ3v) is 4.98. The minimum absolute atomic E-state index is 0.162. The first kappa shape index (κ1) is 16.7. The molecular formula is C20H26N2O2. The van der Waals surface area contributed by atoms with Gasteiger partial charge in [-0.3, -0.25) is 9.59 Å². The molecule has 2 fully saturated rings. The smallest absolute Gasteiger partial charge is 0.226 e. The Bertz CT molecular complexity index is 621. The molecule has 2 heterocycles. The van der Waals surface area contributed by atoms with Crippen molar-refractivity contribution in [2.24, 2.45) is 0 Å².